The third-order valence-electron chi connectivity index (χ3n) is 2.61. The number of rotatable bonds is 2. The fourth-order valence-electron chi connectivity index (χ4n) is 1.76. The van der Waals surface area contributed by atoms with E-state index in [0.29, 0.717) is 16.7 Å². The Hall–Kier alpha value is -2.20. The SMILES string of the molecule is Nc1ccc2nc(Nc3ccc(Cl)cc3)[nH]c2c1. The summed E-state index contributed by atoms with van der Waals surface area (Å²) in [6.07, 6.45) is 0. The maximum Gasteiger partial charge on any atom is 0.205 e. The molecule has 2 aromatic carbocycles. The van der Waals surface area contributed by atoms with E-state index in [0.717, 1.165) is 16.7 Å². The third kappa shape index (κ3) is 2.10. The van der Waals surface area contributed by atoms with Gasteiger partial charge in [0.05, 0.1) is 11.0 Å². The molecule has 0 amide bonds. The van der Waals surface area contributed by atoms with Gasteiger partial charge in [0.1, 0.15) is 0 Å². The van der Waals surface area contributed by atoms with Crippen LogP contribution in [0.1, 0.15) is 0 Å². The Balaban J connectivity index is 1.92. The summed E-state index contributed by atoms with van der Waals surface area (Å²) in [4.78, 5) is 7.58. The van der Waals surface area contributed by atoms with Crippen LogP contribution in [0.4, 0.5) is 17.3 Å². The van der Waals surface area contributed by atoms with Crippen LogP contribution in [0.2, 0.25) is 5.02 Å². The first-order chi connectivity index (χ1) is 8.70. The van der Waals surface area contributed by atoms with E-state index in [2.05, 4.69) is 15.3 Å². The molecule has 5 heteroatoms. The van der Waals surface area contributed by atoms with Crippen molar-refractivity contribution in [2.45, 2.75) is 0 Å². The van der Waals surface area contributed by atoms with Gasteiger partial charge < -0.3 is 16.0 Å². The van der Waals surface area contributed by atoms with Gasteiger partial charge in [0.2, 0.25) is 5.95 Å². The second-order valence-corrected chi connectivity index (χ2v) is 4.43. The highest BCUT2D eigenvalue weighted by Gasteiger charge is 2.03. The van der Waals surface area contributed by atoms with E-state index in [1.54, 1.807) is 0 Å². The molecule has 0 spiro atoms. The number of imidazole rings is 1. The normalized spacial score (nSPS) is 10.7. The van der Waals surface area contributed by atoms with Crippen molar-refractivity contribution in [2.75, 3.05) is 11.1 Å². The molecular weight excluding hydrogens is 248 g/mol. The van der Waals surface area contributed by atoms with E-state index in [-0.39, 0.29) is 0 Å². The number of aromatic nitrogens is 2. The molecule has 0 radical (unpaired) electrons. The first-order valence-electron chi connectivity index (χ1n) is 5.48. The zero-order valence-electron chi connectivity index (χ0n) is 9.44. The highest BCUT2D eigenvalue weighted by Crippen LogP contribution is 2.21. The van der Waals surface area contributed by atoms with Crippen molar-refractivity contribution in [3.05, 3.63) is 47.5 Å². The Morgan fingerprint density at radius 3 is 2.67 bits per heavy atom. The van der Waals surface area contributed by atoms with Gasteiger partial charge in [-0.3, -0.25) is 0 Å². The number of halogens is 1. The number of nitrogens with zero attached hydrogens (tertiary/aromatic N) is 1. The maximum absolute atomic E-state index is 5.83. The monoisotopic (exact) mass is 258 g/mol. The van der Waals surface area contributed by atoms with Crippen molar-refractivity contribution in [1.82, 2.24) is 9.97 Å². The summed E-state index contributed by atoms with van der Waals surface area (Å²) in [5.74, 6) is 0.679. The van der Waals surface area contributed by atoms with Crippen LogP contribution in [0.5, 0.6) is 0 Å². The first kappa shape index (κ1) is 10.9. The molecule has 90 valence electrons. The van der Waals surface area contributed by atoms with Gasteiger partial charge in [0.15, 0.2) is 0 Å². The molecule has 0 fully saturated rings. The molecule has 4 nitrogen and oxygen atoms in total. The quantitative estimate of drug-likeness (QED) is 0.616. The summed E-state index contributed by atoms with van der Waals surface area (Å²) in [7, 11) is 0. The highest BCUT2D eigenvalue weighted by atomic mass is 35.5. The summed E-state index contributed by atoms with van der Waals surface area (Å²) in [6.45, 7) is 0. The molecule has 1 aromatic heterocycles. The molecule has 18 heavy (non-hydrogen) atoms. The number of hydrogen-bond acceptors (Lipinski definition) is 3. The van der Waals surface area contributed by atoms with Crippen molar-refractivity contribution in [1.29, 1.82) is 0 Å². The van der Waals surface area contributed by atoms with E-state index in [1.807, 2.05) is 42.5 Å². The van der Waals surface area contributed by atoms with E-state index < -0.39 is 0 Å². The number of benzene rings is 2. The van der Waals surface area contributed by atoms with Crippen LogP contribution < -0.4 is 11.1 Å². The van der Waals surface area contributed by atoms with Crippen molar-refractivity contribution in [2.24, 2.45) is 0 Å². The Labute approximate surface area is 109 Å². The lowest BCUT2D eigenvalue weighted by atomic mass is 10.3. The molecule has 0 aliphatic rings. The fraction of sp³-hybridized carbons (Fsp3) is 0. The second kappa shape index (κ2) is 4.23. The van der Waals surface area contributed by atoms with Crippen molar-refractivity contribution >= 4 is 40.0 Å². The van der Waals surface area contributed by atoms with E-state index in [4.69, 9.17) is 17.3 Å². The number of H-pyrrole nitrogens is 1. The van der Waals surface area contributed by atoms with Crippen molar-refractivity contribution in [3.63, 3.8) is 0 Å². The number of nitrogens with one attached hydrogen (secondary N) is 2. The Morgan fingerprint density at radius 1 is 1.11 bits per heavy atom. The van der Waals surface area contributed by atoms with Gasteiger partial charge in [-0.05, 0) is 42.5 Å². The molecule has 0 aliphatic carbocycles. The lowest BCUT2D eigenvalue weighted by Gasteiger charge is -2.01. The number of nitrogens with two attached hydrogens (primary N) is 1. The molecule has 0 atom stereocenters. The van der Waals surface area contributed by atoms with Gasteiger partial charge in [-0.15, -0.1) is 0 Å². The number of nitrogen functional groups attached to an aromatic ring is 1. The van der Waals surface area contributed by atoms with Crippen LogP contribution in [0.3, 0.4) is 0 Å². The molecule has 3 aromatic rings. The molecule has 0 aliphatic heterocycles. The predicted octanol–water partition coefficient (Wildman–Crippen LogP) is 3.54. The van der Waals surface area contributed by atoms with E-state index in [1.165, 1.54) is 0 Å². The lowest BCUT2D eigenvalue weighted by molar-refractivity contribution is 1.31. The third-order valence-corrected chi connectivity index (χ3v) is 2.86. The largest absolute Gasteiger partial charge is 0.399 e. The number of anilines is 3. The molecular formula is C13H11ClN4. The van der Waals surface area contributed by atoms with Crippen LogP contribution in [0.15, 0.2) is 42.5 Å². The van der Waals surface area contributed by atoms with Crippen LogP contribution in [-0.4, -0.2) is 9.97 Å². The van der Waals surface area contributed by atoms with Crippen LogP contribution in [0, 0.1) is 0 Å². The molecule has 1 heterocycles. The predicted molar refractivity (Wildman–Crippen MR) is 75.2 cm³/mol. The van der Waals surface area contributed by atoms with Crippen molar-refractivity contribution < 1.29 is 0 Å². The summed E-state index contributed by atoms with van der Waals surface area (Å²) >= 11 is 5.83. The zero-order valence-corrected chi connectivity index (χ0v) is 10.2. The number of aromatic amines is 1. The molecule has 3 rings (SSSR count). The van der Waals surface area contributed by atoms with Gasteiger partial charge in [-0.25, -0.2) is 4.98 Å². The lowest BCUT2D eigenvalue weighted by Crippen LogP contribution is -1.91. The minimum Gasteiger partial charge on any atom is -0.399 e. The smallest absolute Gasteiger partial charge is 0.205 e. The van der Waals surface area contributed by atoms with E-state index >= 15 is 0 Å². The average Bonchev–Trinajstić information content (AvgIpc) is 2.73. The topological polar surface area (TPSA) is 66.7 Å². The van der Waals surface area contributed by atoms with Crippen LogP contribution >= 0.6 is 11.6 Å². The van der Waals surface area contributed by atoms with Gasteiger partial charge in [-0.1, -0.05) is 11.6 Å². The second-order valence-electron chi connectivity index (χ2n) is 3.99. The molecule has 0 saturated heterocycles. The summed E-state index contributed by atoms with van der Waals surface area (Å²) < 4.78 is 0. The van der Waals surface area contributed by atoms with Gasteiger partial charge in [-0.2, -0.15) is 0 Å². The molecule has 0 bridgehead atoms. The minimum absolute atomic E-state index is 0.679. The minimum atomic E-state index is 0.679. The molecule has 4 N–H and O–H groups in total. The first-order valence-corrected chi connectivity index (χ1v) is 5.86. The van der Waals surface area contributed by atoms with Crippen LogP contribution in [0.25, 0.3) is 11.0 Å². The van der Waals surface area contributed by atoms with Gasteiger partial charge in [0.25, 0.3) is 0 Å². The number of fused-ring (bicyclic) bond motifs is 1. The summed E-state index contributed by atoms with van der Waals surface area (Å²) in [5, 5.41) is 3.88. The standard InChI is InChI=1S/C13H11ClN4/c14-8-1-4-10(5-2-8)16-13-17-11-6-3-9(15)7-12(11)18-13/h1-7H,15H2,(H2,16,17,18). The summed E-state index contributed by atoms with van der Waals surface area (Å²) in [6, 6.07) is 13.0. The highest BCUT2D eigenvalue weighted by molar-refractivity contribution is 6.30. The average molecular weight is 259 g/mol. The zero-order chi connectivity index (χ0) is 12.5. The Morgan fingerprint density at radius 2 is 1.89 bits per heavy atom. The van der Waals surface area contributed by atoms with Gasteiger partial charge >= 0.3 is 0 Å². The van der Waals surface area contributed by atoms with Crippen molar-refractivity contribution in [3.8, 4) is 0 Å². The maximum atomic E-state index is 5.83. The summed E-state index contributed by atoms with van der Waals surface area (Å²) in [5.41, 5.74) is 9.14. The number of hydrogen-bond donors (Lipinski definition) is 3. The van der Waals surface area contributed by atoms with E-state index in [9.17, 15) is 0 Å². The fourth-order valence-corrected chi connectivity index (χ4v) is 1.88. The van der Waals surface area contributed by atoms with Gasteiger partial charge in [0, 0.05) is 16.4 Å². The van der Waals surface area contributed by atoms with Crippen LogP contribution in [-0.2, 0) is 0 Å². The molecule has 0 unspecified atom stereocenters. The Bertz CT molecular complexity index is 688. The molecule has 0 saturated carbocycles. The Kier molecular flexibility index (Phi) is 2.57.